The molecule has 1 unspecified atom stereocenters. The maximum absolute atomic E-state index is 5.85. The van der Waals surface area contributed by atoms with Gasteiger partial charge in [-0.05, 0) is 50.2 Å². The van der Waals surface area contributed by atoms with Gasteiger partial charge in [0.2, 0.25) is 0 Å². The lowest BCUT2D eigenvalue weighted by atomic mass is 9.99. The highest BCUT2D eigenvalue weighted by Crippen LogP contribution is 2.21. The minimum Gasteiger partial charge on any atom is -0.381 e. The molecular weight excluding hydrogens is 250 g/mol. The van der Waals surface area contributed by atoms with Crippen LogP contribution in [0.3, 0.4) is 0 Å². The fraction of sp³-hybridized carbons (Fsp3) is 0.688. The van der Waals surface area contributed by atoms with E-state index in [9.17, 15) is 0 Å². The lowest BCUT2D eigenvalue weighted by Crippen LogP contribution is -2.30. The molecule has 4 heteroatoms. The summed E-state index contributed by atoms with van der Waals surface area (Å²) < 4.78 is 5.42. The molecule has 1 fully saturated rings. The van der Waals surface area contributed by atoms with Gasteiger partial charge in [0.15, 0.2) is 0 Å². The van der Waals surface area contributed by atoms with Crippen LogP contribution < -0.4 is 10.6 Å². The number of anilines is 1. The summed E-state index contributed by atoms with van der Waals surface area (Å²) in [6.07, 6.45) is 5.17. The zero-order chi connectivity index (χ0) is 14.5. The Morgan fingerprint density at radius 1 is 1.45 bits per heavy atom. The van der Waals surface area contributed by atoms with Crippen molar-refractivity contribution in [2.45, 2.75) is 39.2 Å². The van der Waals surface area contributed by atoms with Crippen LogP contribution in [0.1, 0.15) is 30.9 Å². The van der Waals surface area contributed by atoms with Crippen LogP contribution in [0.5, 0.6) is 0 Å². The lowest BCUT2D eigenvalue weighted by Gasteiger charge is -2.28. The summed E-state index contributed by atoms with van der Waals surface area (Å²) in [4.78, 5) is 6.91. The molecule has 20 heavy (non-hydrogen) atoms. The van der Waals surface area contributed by atoms with Crippen molar-refractivity contribution in [3.05, 3.63) is 23.4 Å². The van der Waals surface area contributed by atoms with Crippen LogP contribution in [-0.4, -0.2) is 37.8 Å². The Labute approximate surface area is 122 Å². The first-order valence-electron chi connectivity index (χ1n) is 7.56. The molecule has 1 aliphatic rings. The number of hydrogen-bond acceptors (Lipinski definition) is 4. The van der Waals surface area contributed by atoms with Gasteiger partial charge in [0.05, 0.1) is 0 Å². The summed E-state index contributed by atoms with van der Waals surface area (Å²) >= 11 is 0. The number of pyridine rings is 1. The molecule has 2 rings (SSSR count). The molecule has 1 aromatic rings. The van der Waals surface area contributed by atoms with Crippen molar-refractivity contribution in [3.63, 3.8) is 0 Å². The summed E-state index contributed by atoms with van der Waals surface area (Å²) in [6.45, 7) is 7.02. The van der Waals surface area contributed by atoms with Crippen molar-refractivity contribution in [1.82, 2.24) is 4.98 Å². The molecule has 0 amide bonds. The SMILES string of the molecule is Cc1cc(CC(C)N)cnc1N(C)CC1CCOCC1. The Morgan fingerprint density at radius 3 is 2.75 bits per heavy atom. The lowest BCUT2D eigenvalue weighted by molar-refractivity contribution is 0.0685. The van der Waals surface area contributed by atoms with Crippen LogP contribution in [0.4, 0.5) is 5.82 Å². The number of rotatable bonds is 5. The van der Waals surface area contributed by atoms with Gasteiger partial charge in [-0.1, -0.05) is 6.07 Å². The first-order valence-corrected chi connectivity index (χ1v) is 7.56. The number of aryl methyl sites for hydroxylation is 1. The molecule has 0 aromatic carbocycles. The second-order valence-corrected chi connectivity index (χ2v) is 6.10. The predicted molar refractivity (Wildman–Crippen MR) is 83.1 cm³/mol. The van der Waals surface area contributed by atoms with Gasteiger partial charge >= 0.3 is 0 Å². The first kappa shape index (κ1) is 15.3. The summed E-state index contributed by atoms with van der Waals surface area (Å²) in [5.74, 6) is 1.81. The molecule has 0 aliphatic carbocycles. The largest absolute Gasteiger partial charge is 0.381 e. The third kappa shape index (κ3) is 4.18. The van der Waals surface area contributed by atoms with Gasteiger partial charge in [-0.2, -0.15) is 0 Å². The third-order valence-electron chi connectivity index (χ3n) is 3.90. The van der Waals surface area contributed by atoms with Crippen LogP contribution in [0.15, 0.2) is 12.3 Å². The minimum atomic E-state index is 0.182. The minimum absolute atomic E-state index is 0.182. The van der Waals surface area contributed by atoms with Gasteiger partial charge < -0.3 is 15.4 Å². The van der Waals surface area contributed by atoms with Crippen LogP contribution in [-0.2, 0) is 11.2 Å². The van der Waals surface area contributed by atoms with Crippen LogP contribution in [0.25, 0.3) is 0 Å². The van der Waals surface area contributed by atoms with E-state index in [1.165, 1.54) is 11.1 Å². The highest BCUT2D eigenvalue weighted by Gasteiger charge is 2.17. The topological polar surface area (TPSA) is 51.4 Å². The summed E-state index contributed by atoms with van der Waals surface area (Å²) in [5.41, 5.74) is 8.30. The van der Waals surface area contributed by atoms with Gasteiger partial charge in [-0.15, -0.1) is 0 Å². The summed E-state index contributed by atoms with van der Waals surface area (Å²) in [5, 5.41) is 0. The van der Waals surface area contributed by atoms with Crippen LogP contribution in [0.2, 0.25) is 0 Å². The molecule has 0 bridgehead atoms. The van der Waals surface area contributed by atoms with Gasteiger partial charge in [0.1, 0.15) is 5.82 Å². The average molecular weight is 277 g/mol. The van der Waals surface area contributed by atoms with Crippen molar-refractivity contribution >= 4 is 5.82 Å². The van der Waals surface area contributed by atoms with Crippen molar-refractivity contribution < 1.29 is 4.74 Å². The summed E-state index contributed by atoms with van der Waals surface area (Å²) in [7, 11) is 2.13. The molecule has 1 aliphatic heterocycles. The fourth-order valence-corrected chi connectivity index (χ4v) is 2.91. The standard InChI is InChI=1S/C16H27N3O/c1-12-8-15(9-13(2)17)10-18-16(12)19(3)11-14-4-6-20-7-5-14/h8,10,13-14H,4-7,9,11,17H2,1-3H3. The van der Waals surface area contributed by atoms with E-state index in [1.54, 1.807) is 0 Å². The molecule has 1 aromatic heterocycles. The van der Waals surface area contributed by atoms with Crippen molar-refractivity contribution in [2.75, 3.05) is 31.7 Å². The highest BCUT2D eigenvalue weighted by molar-refractivity contribution is 5.46. The van der Waals surface area contributed by atoms with Gasteiger partial charge in [-0.25, -0.2) is 4.98 Å². The van der Waals surface area contributed by atoms with Gasteiger partial charge in [0.25, 0.3) is 0 Å². The second kappa shape index (κ2) is 7.04. The fourth-order valence-electron chi connectivity index (χ4n) is 2.91. The van der Waals surface area contributed by atoms with Crippen molar-refractivity contribution in [2.24, 2.45) is 11.7 Å². The Balaban J connectivity index is 2.00. The highest BCUT2D eigenvalue weighted by atomic mass is 16.5. The third-order valence-corrected chi connectivity index (χ3v) is 3.90. The van der Waals surface area contributed by atoms with E-state index >= 15 is 0 Å². The van der Waals surface area contributed by atoms with Crippen LogP contribution in [0, 0.1) is 12.8 Å². The zero-order valence-electron chi connectivity index (χ0n) is 12.9. The molecule has 0 spiro atoms. The van der Waals surface area contributed by atoms with E-state index < -0.39 is 0 Å². The van der Waals surface area contributed by atoms with E-state index in [-0.39, 0.29) is 6.04 Å². The quantitative estimate of drug-likeness (QED) is 0.896. The molecular formula is C16H27N3O. The van der Waals surface area contributed by atoms with Crippen molar-refractivity contribution in [3.8, 4) is 0 Å². The van der Waals surface area contributed by atoms with Gasteiger partial charge in [0, 0.05) is 39.0 Å². The Kier molecular flexibility index (Phi) is 5.38. The Morgan fingerprint density at radius 2 is 2.15 bits per heavy atom. The number of hydrogen-bond donors (Lipinski definition) is 1. The van der Waals surface area contributed by atoms with Crippen LogP contribution >= 0.6 is 0 Å². The molecule has 0 radical (unpaired) electrons. The van der Waals surface area contributed by atoms with E-state index in [4.69, 9.17) is 10.5 Å². The normalized spacial score (nSPS) is 18.0. The molecule has 112 valence electrons. The zero-order valence-corrected chi connectivity index (χ0v) is 12.9. The number of nitrogens with zero attached hydrogens (tertiary/aromatic N) is 2. The molecule has 2 heterocycles. The molecule has 1 saturated heterocycles. The maximum atomic E-state index is 5.85. The Hall–Kier alpha value is -1.13. The Bertz CT molecular complexity index is 428. The number of nitrogens with two attached hydrogens (primary N) is 1. The van der Waals surface area contributed by atoms with E-state index in [0.717, 1.165) is 50.8 Å². The van der Waals surface area contributed by atoms with E-state index in [0.29, 0.717) is 0 Å². The number of ether oxygens (including phenoxy) is 1. The van der Waals surface area contributed by atoms with Gasteiger partial charge in [-0.3, -0.25) is 0 Å². The average Bonchev–Trinajstić information content (AvgIpc) is 2.39. The maximum Gasteiger partial charge on any atom is 0.131 e. The molecule has 0 saturated carbocycles. The first-order chi connectivity index (χ1) is 9.56. The second-order valence-electron chi connectivity index (χ2n) is 6.10. The predicted octanol–water partition coefficient (Wildman–Crippen LogP) is 2.14. The molecule has 1 atom stereocenters. The van der Waals surface area contributed by atoms with E-state index in [2.05, 4.69) is 29.9 Å². The number of aromatic nitrogens is 1. The van der Waals surface area contributed by atoms with Crippen molar-refractivity contribution in [1.29, 1.82) is 0 Å². The molecule has 4 nitrogen and oxygen atoms in total. The smallest absolute Gasteiger partial charge is 0.131 e. The molecule has 2 N–H and O–H groups in total. The summed E-state index contributed by atoms with van der Waals surface area (Å²) in [6, 6.07) is 2.40. The van der Waals surface area contributed by atoms with E-state index in [1.807, 2.05) is 13.1 Å². The monoisotopic (exact) mass is 277 g/mol.